The van der Waals surface area contributed by atoms with E-state index in [2.05, 4.69) is 5.32 Å². The zero-order chi connectivity index (χ0) is 13.1. The normalized spacial score (nSPS) is 15.8. The number of carbonyl (C=O) groups is 2. The minimum Gasteiger partial charge on any atom is -0.491 e. The van der Waals surface area contributed by atoms with Crippen LogP contribution < -0.4 is 15.0 Å². The molecule has 0 bridgehead atoms. The third-order valence-corrected chi connectivity index (χ3v) is 2.58. The van der Waals surface area contributed by atoms with Crippen molar-refractivity contribution in [3.8, 4) is 5.75 Å². The number of amides is 2. The first-order chi connectivity index (χ1) is 8.58. The van der Waals surface area contributed by atoms with Gasteiger partial charge in [-0.2, -0.15) is 0 Å². The standard InChI is InChI=1S/C13H16N2O3/c1-9(2)18-11-5-3-10(4-6-11)15-8-7-14-12(16)13(15)17/h3-6,9H,7-8H2,1-2H3,(H,14,16). The van der Waals surface area contributed by atoms with Crippen LogP contribution in [-0.4, -0.2) is 31.0 Å². The SMILES string of the molecule is CC(C)Oc1ccc(N2CCNC(=O)C2=O)cc1. The molecule has 1 heterocycles. The lowest BCUT2D eigenvalue weighted by Crippen LogP contribution is -2.52. The van der Waals surface area contributed by atoms with Gasteiger partial charge in [-0.1, -0.05) is 0 Å². The van der Waals surface area contributed by atoms with Crippen LogP contribution in [0.1, 0.15) is 13.8 Å². The topological polar surface area (TPSA) is 58.6 Å². The Hall–Kier alpha value is -2.04. The number of carbonyl (C=O) groups excluding carboxylic acids is 2. The summed E-state index contributed by atoms with van der Waals surface area (Å²) in [7, 11) is 0. The Morgan fingerprint density at radius 1 is 1.22 bits per heavy atom. The van der Waals surface area contributed by atoms with E-state index in [1.165, 1.54) is 4.90 Å². The summed E-state index contributed by atoms with van der Waals surface area (Å²) in [6.45, 7) is 4.88. The van der Waals surface area contributed by atoms with Gasteiger partial charge in [0.15, 0.2) is 0 Å². The van der Waals surface area contributed by atoms with Gasteiger partial charge in [0.1, 0.15) is 5.75 Å². The molecule has 18 heavy (non-hydrogen) atoms. The summed E-state index contributed by atoms with van der Waals surface area (Å²) in [4.78, 5) is 24.4. The lowest BCUT2D eigenvalue weighted by Gasteiger charge is -2.26. The van der Waals surface area contributed by atoms with Crippen molar-refractivity contribution < 1.29 is 14.3 Å². The molecule has 0 aromatic heterocycles. The molecular formula is C13H16N2O3. The Morgan fingerprint density at radius 2 is 1.89 bits per heavy atom. The smallest absolute Gasteiger partial charge is 0.316 e. The minimum absolute atomic E-state index is 0.109. The Bertz CT molecular complexity index is 454. The molecule has 1 N–H and O–H groups in total. The zero-order valence-corrected chi connectivity index (χ0v) is 10.5. The summed E-state index contributed by atoms with van der Waals surface area (Å²) in [6, 6.07) is 7.17. The molecular weight excluding hydrogens is 232 g/mol. The van der Waals surface area contributed by atoms with Crippen molar-refractivity contribution in [2.24, 2.45) is 0 Å². The molecule has 0 atom stereocenters. The Morgan fingerprint density at radius 3 is 2.50 bits per heavy atom. The number of piperazine rings is 1. The fourth-order valence-corrected chi connectivity index (χ4v) is 1.80. The Kier molecular flexibility index (Phi) is 3.50. The van der Waals surface area contributed by atoms with Crippen LogP contribution in [0.3, 0.4) is 0 Å². The molecule has 1 saturated heterocycles. The molecule has 1 aliphatic heterocycles. The maximum atomic E-state index is 11.7. The molecule has 2 amide bonds. The maximum Gasteiger partial charge on any atom is 0.316 e. The van der Waals surface area contributed by atoms with Gasteiger partial charge in [0.25, 0.3) is 0 Å². The van der Waals surface area contributed by atoms with E-state index in [0.29, 0.717) is 18.8 Å². The second kappa shape index (κ2) is 5.08. The van der Waals surface area contributed by atoms with Crippen molar-refractivity contribution in [3.63, 3.8) is 0 Å². The molecule has 96 valence electrons. The van der Waals surface area contributed by atoms with Gasteiger partial charge >= 0.3 is 11.8 Å². The summed E-state index contributed by atoms with van der Waals surface area (Å²) in [5.41, 5.74) is 0.714. The third kappa shape index (κ3) is 2.61. The van der Waals surface area contributed by atoms with E-state index < -0.39 is 11.8 Å². The molecule has 0 aliphatic carbocycles. The highest BCUT2D eigenvalue weighted by atomic mass is 16.5. The van der Waals surface area contributed by atoms with Crippen molar-refractivity contribution in [3.05, 3.63) is 24.3 Å². The molecule has 0 unspecified atom stereocenters. The predicted molar refractivity (Wildman–Crippen MR) is 67.6 cm³/mol. The number of hydrogen-bond donors (Lipinski definition) is 1. The van der Waals surface area contributed by atoms with Gasteiger partial charge < -0.3 is 15.0 Å². The first kappa shape index (κ1) is 12.4. The van der Waals surface area contributed by atoms with E-state index in [-0.39, 0.29) is 6.10 Å². The molecule has 1 aromatic carbocycles. The van der Waals surface area contributed by atoms with Crippen molar-refractivity contribution >= 4 is 17.5 Å². The number of anilines is 1. The molecule has 5 nitrogen and oxygen atoms in total. The van der Waals surface area contributed by atoms with Crippen LogP contribution in [0.2, 0.25) is 0 Å². The van der Waals surface area contributed by atoms with Crippen molar-refractivity contribution in [1.29, 1.82) is 0 Å². The highest BCUT2D eigenvalue weighted by Crippen LogP contribution is 2.21. The number of nitrogens with one attached hydrogen (secondary N) is 1. The molecule has 0 spiro atoms. The van der Waals surface area contributed by atoms with Crippen LogP contribution in [0.15, 0.2) is 24.3 Å². The van der Waals surface area contributed by atoms with Gasteiger partial charge in [0.2, 0.25) is 0 Å². The number of nitrogens with zero attached hydrogens (tertiary/aromatic N) is 1. The number of benzene rings is 1. The van der Waals surface area contributed by atoms with Crippen LogP contribution in [-0.2, 0) is 9.59 Å². The highest BCUT2D eigenvalue weighted by molar-refractivity contribution is 6.41. The number of hydrogen-bond acceptors (Lipinski definition) is 3. The van der Waals surface area contributed by atoms with Crippen LogP contribution in [0, 0.1) is 0 Å². The van der Waals surface area contributed by atoms with E-state index in [1.54, 1.807) is 24.3 Å². The summed E-state index contributed by atoms with van der Waals surface area (Å²) >= 11 is 0. The van der Waals surface area contributed by atoms with Gasteiger partial charge in [0.05, 0.1) is 6.10 Å². The second-order valence-corrected chi connectivity index (χ2v) is 4.37. The fourth-order valence-electron chi connectivity index (χ4n) is 1.80. The second-order valence-electron chi connectivity index (χ2n) is 4.37. The lowest BCUT2D eigenvalue weighted by atomic mass is 10.2. The first-order valence-electron chi connectivity index (χ1n) is 5.94. The number of ether oxygens (including phenoxy) is 1. The average Bonchev–Trinajstić information content (AvgIpc) is 2.33. The molecule has 0 radical (unpaired) electrons. The molecule has 1 aliphatic rings. The fraction of sp³-hybridized carbons (Fsp3) is 0.385. The van der Waals surface area contributed by atoms with Crippen molar-refractivity contribution in [2.75, 3.05) is 18.0 Å². The largest absolute Gasteiger partial charge is 0.491 e. The maximum absolute atomic E-state index is 11.7. The van der Waals surface area contributed by atoms with Gasteiger partial charge in [-0.05, 0) is 38.1 Å². The Balaban J connectivity index is 2.13. The van der Waals surface area contributed by atoms with Gasteiger partial charge in [-0.15, -0.1) is 0 Å². The number of rotatable bonds is 3. The summed E-state index contributed by atoms with van der Waals surface area (Å²) < 4.78 is 5.52. The third-order valence-electron chi connectivity index (χ3n) is 2.58. The van der Waals surface area contributed by atoms with Gasteiger partial charge in [-0.25, -0.2) is 0 Å². The zero-order valence-electron chi connectivity index (χ0n) is 10.5. The van der Waals surface area contributed by atoms with Crippen molar-refractivity contribution in [1.82, 2.24) is 5.32 Å². The molecule has 5 heteroatoms. The first-order valence-corrected chi connectivity index (χ1v) is 5.94. The monoisotopic (exact) mass is 248 g/mol. The van der Waals surface area contributed by atoms with Crippen LogP contribution in [0.25, 0.3) is 0 Å². The highest BCUT2D eigenvalue weighted by Gasteiger charge is 2.26. The minimum atomic E-state index is -0.552. The van der Waals surface area contributed by atoms with E-state index >= 15 is 0 Å². The van der Waals surface area contributed by atoms with Gasteiger partial charge in [0, 0.05) is 18.8 Å². The summed E-state index contributed by atoms with van der Waals surface area (Å²) in [5.74, 6) is -0.315. The van der Waals surface area contributed by atoms with Crippen LogP contribution >= 0.6 is 0 Å². The summed E-state index contributed by atoms with van der Waals surface area (Å²) in [5, 5.41) is 2.51. The predicted octanol–water partition coefficient (Wildman–Crippen LogP) is 0.937. The molecule has 1 aromatic rings. The molecule has 1 fully saturated rings. The molecule has 0 saturated carbocycles. The quantitative estimate of drug-likeness (QED) is 0.810. The van der Waals surface area contributed by atoms with E-state index in [4.69, 9.17) is 4.74 Å². The van der Waals surface area contributed by atoms with E-state index in [1.807, 2.05) is 13.8 Å². The van der Waals surface area contributed by atoms with E-state index in [0.717, 1.165) is 5.75 Å². The van der Waals surface area contributed by atoms with Crippen LogP contribution in [0.5, 0.6) is 5.75 Å². The van der Waals surface area contributed by atoms with Crippen molar-refractivity contribution in [2.45, 2.75) is 20.0 Å². The van der Waals surface area contributed by atoms with E-state index in [9.17, 15) is 9.59 Å². The van der Waals surface area contributed by atoms with Crippen LogP contribution in [0.4, 0.5) is 5.69 Å². The summed E-state index contributed by atoms with van der Waals surface area (Å²) in [6.07, 6.45) is 0.109. The average molecular weight is 248 g/mol. The molecule has 2 rings (SSSR count). The Labute approximate surface area is 106 Å². The lowest BCUT2D eigenvalue weighted by molar-refractivity contribution is -0.138. The van der Waals surface area contributed by atoms with Gasteiger partial charge in [-0.3, -0.25) is 9.59 Å².